The molecular formula is C51H77ClF3N19O17S2. The number of nitrogen functional groups attached to an aromatic ring is 2. The predicted molar refractivity (Wildman–Crippen MR) is 332 cm³/mol. The number of halogens is 4. The number of hydrogen-bond acceptors (Lipinski definition) is 24. The number of hydrogen-bond donors (Lipinski definition) is 15. The number of fused-ring (bicyclic) bond motifs is 3. The van der Waals surface area contributed by atoms with Gasteiger partial charge in [0.15, 0.2) is 28.4 Å². The average Bonchev–Trinajstić information content (AvgIpc) is 1.64. The number of anilines is 2. The van der Waals surface area contributed by atoms with E-state index in [0.717, 1.165) is 24.6 Å². The largest absolute Gasteiger partial charge is 0.490 e. The molecule has 2 aliphatic rings. The maximum Gasteiger partial charge on any atom is 0.490 e. The summed E-state index contributed by atoms with van der Waals surface area (Å²) >= 11 is 7.88. The fourth-order valence-corrected chi connectivity index (χ4v) is 10.5. The van der Waals surface area contributed by atoms with E-state index in [1.54, 1.807) is 29.3 Å². The van der Waals surface area contributed by atoms with Gasteiger partial charge < -0.3 is 99.7 Å². The number of unbranched alkanes of at least 4 members (excludes halogenated alkanes) is 3. The van der Waals surface area contributed by atoms with Crippen LogP contribution in [0.15, 0.2) is 33.3 Å². The Morgan fingerprint density at radius 3 is 2.10 bits per heavy atom. The summed E-state index contributed by atoms with van der Waals surface area (Å²) in [7, 11) is 0. The molecule has 93 heavy (non-hydrogen) atoms. The molecule has 2 saturated heterocycles. The third-order valence-electron chi connectivity index (χ3n) is 12.6. The minimum absolute atomic E-state index is 0.000271. The Hall–Kier alpha value is -8.67. The van der Waals surface area contributed by atoms with Crippen molar-refractivity contribution in [2.75, 3.05) is 74.1 Å². The zero-order valence-corrected chi connectivity index (χ0v) is 52.7. The van der Waals surface area contributed by atoms with Crippen molar-refractivity contribution in [1.29, 1.82) is 0 Å². The highest BCUT2D eigenvalue weighted by Gasteiger charge is 2.53. The standard InChI is InChI=1S/C36H57N13O10S2.C10H12ClN5O4.C3H7NO.C2HF3O2/c37-25-15-23-29(33(55)46-25)43-19-49(23)20-58-13-14-59-28(52)17-60-16-22(31(38)53)45-32(54)21(7-6-12-42-34(39)40)44-27(51)10-2-1-5-11-41-26(50)9-4-3-8-24-30-36(57,18-61-24)48-35(56)47-30;11-3-6(17)20-2-1-19-5-16-4-13-7-8(16)14-10(12)15-9(7)18;1-2-3(4)5;3-2(4,5)1(6)7/h15,19,21-22,24,30,57H,1-14,16-18,20H2,(H2,38,53)(H,41,50)(H,44,51)(H,45,54)(H3,37,46,55)(H4,39,40,42)(H2,47,48,56);4H,1-3,5H2,(H3,12,14,15,18);2H2,1H3,(H2,4,5);(H,6,7)/t21?,22-,24-,30+,36+;;;/m0.../s1. The van der Waals surface area contributed by atoms with Crippen LogP contribution in [0.1, 0.15) is 77.6 Å². The number of esters is 2. The number of aromatic nitrogens is 7. The quantitative estimate of drug-likeness (QED) is 0.00578. The number of nitrogens with one attached hydrogen (secondary N) is 7. The van der Waals surface area contributed by atoms with Crippen molar-refractivity contribution >= 4 is 129 Å². The van der Waals surface area contributed by atoms with Gasteiger partial charge in [-0.15, -0.1) is 23.4 Å². The van der Waals surface area contributed by atoms with Crippen molar-refractivity contribution in [3.8, 4) is 0 Å². The number of aliphatic imine (C=N–C) groups is 1. The number of carboxylic acid groups (broad SMARTS) is 1. The number of urea groups is 1. The average molecular weight is 1380 g/mol. The number of alkyl halides is 4. The maximum atomic E-state index is 13.3. The molecule has 0 saturated carbocycles. The topological polar surface area (TPSA) is 574 Å². The number of guanidine groups is 1. The number of amides is 7. The lowest BCUT2D eigenvalue weighted by molar-refractivity contribution is -0.192. The number of thioether (sulfide) groups is 2. The number of pyridine rings is 1. The summed E-state index contributed by atoms with van der Waals surface area (Å²) in [4.78, 5) is 148. The van der Waals surface area contributed by atoms with Crippen molar-refractivity contribution in [1.82, 2.24) is 60.6 Å². The van der Waals surface area contributed by atoms with E-state index < -0.39 is 64.8 Å². The lowest BCUT2D eigenvalue weighted by atomic mass is 10.00. The normalized spacial score (nSPS) is 16.0. The fourth-order valence-electron chi connectivity index (χ4n) is 8.07. The molecule has 0 aliphatic carbocycles. The van der Waals surface area contributed by atoms with Gasteiger partial charge in [-0.1, -0.05) is 19.8 Å². The zero-order chi connectivity index (χ0) is 69.3. The van der Waals surface area contributed by atoms with Crippen LogP contribution in [0.3, 0.4) is 0 Å². The van der Waals surface area contributed by atoms with Crippen molar-refractivity contribution in [3.63, 3.8) is 0 Å². The lowest BCUT2D eigenvalue weighted by Gasteiger charge is -2.22. The zero-order valence-electron chi connectivity index (χ0n) is 50.3. The van der Waals surface area contributed by atoms with Crippen molar-refractivity contribution in [2.45, 2.75) is 126 Å². The Morgan fingerprint density at radius 1 is 0.849 bits per heavy atom. The number of ether oxygens (including phenoxy) is 4. The Balaban J connectivity index is 0.000000571. The highest BCUT2D eigenvalue weighted by Crippen LogP contribution is 2.38. The Morgan fingerprint density at radius 2 is 1.46 bits per heavy atom. The molecule has 6 heterocycles. The first-order chi connectivity index (χ1) is 44.0. The molecule has 4 aromatic heterocycles. The summed E-state index contributed by atoms with van der Waals surface area (Å²) in [5, 5.41) is 31.2. The van der Waals surface area contributed by atoms with E-state index in [1.807, 2.05) is 0 Å². The van der Waals surface area contributed by atoms with Gasteiger partial charge >= 0.3 is 30.1 Å². The van der Waals surface area contributed by atoms with Gasteiger partial charge in [0.1, 0.15) is 50.5 Å². The smallest absolute Gasteiger partial charge is 0.475 e. The van der Waals surface area contributed by atoms with Crippen LogP contribution < -0.4 is 72.1 Å². The monoisotopic (exact) mass is 1380 g/mol. The molecule has 5 atom stereocenters. The summed E-state index contributed by atoms with van der Waals surface area (Å²) in [6.07, 6.45) is 3.22. The van der Waals surface area contributed by atoms with Gasteiger partial charge in [0.25, 0.3) is 11.1 Å². The molecule has 42 heteroatoms. The van der Waals surface area contributed by atoms with E-state index in [4.69, 9.17) is 69.1 Å². The number of H-pyrrole nitrogens is 2. The van der Waals surface area contributed by atoms with Crippen LogP contribution in [-0.4, -0.2) is 202 Å². The molecular weight excluding hydrogens is 1310 g/mol. The van der Waals surface area contributed by atoms with Crippen molar-refractivity contribution < 1.29 is 85.5 Å². The molecule has 0 spiro atoms. The van der Waals surface area contributed by atoms with E-state index >= 15 is 0 Å². The highest BCUT2D eigenvalue weighted by atomic mass is 35.5. The first-order valence-electron chi connectivity index (χ1n) is 28.3. The van der Waals surface area contributed by atoms with E-state index in [1.165, 1.54) is 17.2 Å². The minimum Gasteiger partial charge on any atom is -0.475 e. The number of nitrogens with two attached hydrogens (primary N) is 6. The van der Waals surface area contributed by atoms with Crippen molar-refractivity contribution in [2.24, 2.45) is 27.9 Å². The van der Waals surface area contributed by atoms with Gasteiger partial charge in [-0.25, -0.2) is 19.6 Å². The van der Waals surface area contributed by atoms with Crippen LogP contribution >= 0.6 is 35.1 Å². The molecule has 21 N–H and O–H groups in total. The third kappa shape index (κ3) is 29.2. The number of carbonyl (C=O) groups excluding carboxylic acids is 8. The summed E-state index contributed by atoms with van der Waals surface area (Å²) in [6.45, 7) is 2.76. The Kier molecular flexibility index (Phi) is 34.1. The van der Waals surface area contributed by atoms with E-state index in [9.17, 15) is 66.2 Å². The van der Waals surface area contributed by atoms with E-state index in [2.05, 4.69) is 62.2 Å². The molecule has 2 fully saturated rings. The van der Waals surface area contributed by atoms with Crippen LogP contribution in [0, 0.1) is 0 Å². The fraction of sp³-hybridized carbons (Fsp3) is 0.588. The predicted octanol–water partition coefficient (Wildman–Crippen LogP) is -2.24. The molecule has 7 amide bonds. The second kappa shape index (κ2) is 40.3. The summed E-state index contributed by atoms with van der Waals surface area (Å²) < 4.78 is 55.5. The second-order valence-corrected chi connectivity index (χ2v) is 22.4. The highest BCUT2D eigenvalue weighted by molar-refractivity contribution is 8.00. The molecule has 6 rings (SSSR count). The molecule has 2 aliphatic heterocycles. The van der Waals surface area contributed by atoms with Crippen LogP contribution in [0.2, 0.25) is 0 Å². The van der Waals surface area contributed by atoms with Gasteiger partial charge in [0, 0.05) is 55.2 Å². The number of imidazole rings is 2. The number of aliphatic hydroxyl groups is 1. The SMILES string of the molecule is CCC(N)=O.NC(=O)[C@H](CSCC(=O)OCCOCn1cnc2c(=O)[nH]c(N)cc21)NC(=O)C(CCCN=C(N)N)NC(=O)CCCCCNC(=O)CCCC[C@@H]1SC[C@]2(O)NC(=O)N[C@H]12.Nc1nc2c(ncn2COCCOC(=O)CCl)c(=O)[nH]1.O=C(O)C(F)(F)F. The van der Waals surface area contributed by atoms with Crippen LogP contribution in [0.25, 0.3) is 22.2 Å². The Labute approximate surface area is 540 Å². The first kappa shape index (κ1) is 78.6. The summed E-state index contributed by atoms with van der Waals surface area (Å²) in [6, 6.07) is -1.33. The molecule has 0 bridgehead atoms. The van der Waals surface area contributed by atoms with Gasteiger partial charge in [0.05, 0.1) is 43.2 Å². The van der Waals surface area contributed by atoms with Gasteiger partial charge in [-0.2, -0.15) is 29.9 Å². The van der Waals surface area contributed by atoms with Gasteiger partial charge in [-0.05, 0) is 38.5 Å². The number of aromatic amines is 2. The van der Waals surface area contributed by atoms with E-state index in [-0.39, 0.29) is 140 Å². The first-order valence-corrected chi connectivity index (χ1v) is 31.1. The second-order valence-electron chi connectivity index (χ2n) is 19.9. The third-order valence-corrected chi connectivity index (χ3v) is 15.4. The van der Waals surface area contributed by atoms with Crippen LogP contribution in [0.5, 0.6) is 0 Å². The van der Waals surface area contributed by atoms with Crippen LogP contribution in [-0.2, 0) is 70.8 Å². The minimum atomic E-state index is -5.08. The van der Waals surface area contributed by atoms with E-state index in [0.29, 0.717) is 68.4 Å². The van der Waals surface area contributed by atoms with Crippen molar-refractivity contribution in [3.05, 3.63) is 39.4 Å². The van der Waals surface area contributed by atoms with Gasteiger partial charge in [0.2, 0.25) is 35.5 Å². The lowest BCUT2D eigenvalue weighted by Crippen LogP contribution is -2.53. The summed E-state index contributed by atoms with van der Waals surface area (Å²) in [5.41, 5.74) is 31.3. The molecule has 0 radical (unpaired) electrons. The molecule has 518 valence electrons. The van der Waals surface area contributed by atoms with Crippen LogP contribution in [0.4, 0.5) is 29.7 Å². The maximum absolute atomic E-state index is 13.3. The molecule has 0 aromatic carbocycles. The molecule has 36 nitrogen and oxygen atoms in total. The Bertz CT molecular complexity index is 3300. The number of nitrogens with zero attached hydrogens (tertiary/aromatic N) is 6. The number of aliphatic carboxylic acids is 1. The van der Waals surface area contributed by atoms with Gasteiger partial charge in [-0.3, -0.25) is 57.7 Å². The number of rotatable bonds is 35. The summed E-state index contributed by atoms with van der Waals surface area (Å²) in [5.74, 6) is -5.94. The molecule has 4 aromatic rings. The number of carbonyl (C=O) groups is 9. The number of primary amides is 2. The number of carboxylic acids is 1. The molecule has 1 unspecified atom stereocenters.